The summed E-state index contributed by atoms with van der Waals surface area (Å²) in [6.45, 7) is 6.06. The Morgan fingerprint density at radius 3 is 2.27 bits per heavy atom. The topological polar surface area (TPSA) is 81.2 Å². The highest BCUT2D eigenvalue weighted by atomic mass is 15.0. The van der Waals surface area contributed by atoms with Crippen LogP contribution in [0.1, 0.15) is 34.4 Å². The van der Waals surface area contributed by atoms with Crippen molar-refractivity contribution in [2.75, 3.05) is 0 Å². The predicted molar refractivity (Wildman–Crippen MR) is 212 cm³/mol. The van der Waals surface area contributed by atoms with E-state index in [1.807, 2.05) is 36.4 Å². The molecule has 8 rings (SSSR count). The van der Waals surface area contributed by atoms with E-state index in [-0.39, 0.29) is 5.92 Å². The van der Waals surface area contributed by atoms with E-state index in [0.717, 1.165) is 72.2 Å². The van der Waals surface area contributed by atoms with Gasteiger partial charge in [-0.15, -0.1) is 0 Å². The Labute approximate surface area is 302 Å². The fourth-order valence-corrected chi connectivity index (χ4v) is 7.64. The number of allylic oxidation sites excluding steroid dienone is 6. The van der Waals surface area contributed by atoms with E-state index in [1.165, 1.54) is 10.9 Å². The molecule has 0 N–H and O–H groups in total. The molecule has 2 aromatic heterocycles. The number of aromatic nitrogens is 2. The molecule has 1 atom stereocenters. The van der Waals surface area contributed by atoms with Gasteiger partial charge < -0.3 is 9.13 Å². The highest BCUT2D eigenvalue weighted by molar-refractivity contribution is 6.10. The number of rotatable bonds is 7. The van der Waals surface area contributed by atoms with Crippen LogP contribution in [0.2, 0.25) is 0 Å². The molecule has 0 amide bonds. The Hall–Kier alpha value is -7.13. The highest BCUT2D eigenvalue weighted by Crippen LogP contribution is 2.40. The molecule has 0 aliphatic heterocycles. The van der Waals surface area contributed by atoms with E-state index in [9.17, 15) is 15.8 Å². The summed E-state index contributed by atoms with van der Waals surface area (Å²) in [4.78, 5) is 0. The fraction of sp³-hybridized carbons (Fsp3) is 0.0851. The van der Waals surface area contributed by atoms with E-state index in [4.69, 9.17) is 0 Å². The Bertz CT molecular complexity index is 2810. The standard InChI is InChI=1S/C47H33N5/c1-3-4-14-43-31(2)39-13-5-6-15-44(39)52(43)47-26-34(30-50)16-19-40(47)37-11-7-9-35(27-37)36-10-8-12-38(28-36)51-45-20-17-32(22-23-48)24-41(45)42-25-33(29-49)18-21-46(42)51/h3-21,24-25,27-28,34H,1,22,26H2,2H3/b14-4-. The fourth-order valence-electron chi connectivity index (χ4n) is 7.64. The molecule has 246 valence electrons. The average Bonchev–Trinajstić information content (AvgIpc) is 3.67. The van der Waals surface area contributed by atoms with Crippen LogP contribution in [0.25, 0.3) is 66.9 Å². The number of aryl methyl sites for hydroxylation is 1. The molecule has 0 saturated carbocycles. The quantitative estimate of drug-likeness (QED) is 0.159. The maximum Gasteiger partial charge on any atom is 0.0991 e. The third-order valence-corrected chi connectivity index (χ3v) is 10.1. The first-order chi connectivity index (χ1) is 25.5. The molecule has 1 unspecified atom stereocenters. The number of nitriles is 3. The first kappa shape index (κ1) is 32.1. The second kappa shape index (κ2) is 13.3. The lowest BCUT2D eigenvalue weighted by atomic mass is 9.89. The van der Waals surface area contributed by atoms with Crippen LogP contribution in [0.4, 0.5) is 0 Å². The molecule has 2 heterocycles. The maximum absolute atomic E-state index is 10.0. The van der Waals surface area contributed by atoms with Gasteiger partial charge in [0.05, 0.1) is 52.7 Å². The van der Waals surface area contributed by atoms with E-state index in [2.05, 4.69) is 138 Å². The van der Waals surface area contributed by atoms with Gasteiger partial charge in [-0.25, -0.2) is 0 Å². The highest BCUT2D eigenvalue weighted by Gasteiger charge is 2.24. The normalized spacial score (nSPS) is 14.2. The Morgan fingerprint density at radius 2 is 1.48 bits per heavy atom. The zero-order chi connectivity index (χ0) is 35.8. The Balaban J connectivity index is 1.29. The van der Waals surface area contributed by atoms with Gasteiger partial charge in [-0.1, -0.05) is 85.5 Å². The summed E-state index contributed by atoms with van der Waals surface area (Å²) in [5.74, 6) is -0.234. The summed E-state index contributed by atoms with van der Waals surface area (Å²) in [6.07, 6.45) is 10.9. The van der Waals surface area contributed by atoms with Gasteiger partial charge in [-0.3, -0.25) is 0 Å². The lowest BCUT2D eigenvalue weighted by Crippen LogP contribution is -2.10. The molecule has 5 heteroatoms. The lowest BCUT2D eigenvalue weighted by Gasteiger charge is -2.23. The van der Waals surface area contributed by atoms with Crippen molar-refractivity contribution < 1.29 is 0 Å². The van der Waals surface area contributed by atoms with E-state index in [0.29, 0.717) is 18.4 Å². The summed E-state index contributed by atoms with van der Waals surface area (Å²) in [6, 6.07) is 44.6. The minimum Gasteiger partial charge on any atom is -0.313 e. The minimum atomic E-state index is -0.234. The SMILES string of the molecule is C=C/C=C\c1c(C)c2ccccc2n1C1=C(c2cccc(-c3cccc(-n4c5ccc(C#N)cc5c5cc(CC#N)ccc54)c3)c2)C=CC(C#N)C1. The number of para-hydroxylation sites is 1. The molecule has 0 fully saturated rings. The number of hydrogen-bond acceptors (Lipinski definition) is 3. The molecule has 1 aliphatic rings. The smallest absolute Gasteiger partial charge is 0.0991 e. The second-order valence-electron chi connectivity index (χ2n) is 13.1. The molecule has 0 bridgehead atoms. The third-order valence-electron chi connectivity index (χ3n) is 10.1. The van der Waals surface area contributed by atoms with E-state index >= 15 is 0 Å². The monoisotopic (exact) mass is 667 g/mol. The van der Waals surface area contributed by atoms with Gasteiger partial charge in [0, 0.05) is 45.2 Å². The first-order valence-electron chi connectivity index (χ1n) is 17.3. The van der Waals surface area contributed by atoms with Crippen LogP contribution in [0.15, 0.2) is 140 Å². The minimum absolute atomic E-state index is 0.234. The van der Waals surface area contributed by atoms with Crippen LogP contribution in [0.3, 0.4) is 0 Å². The van der Waals surface area contributed by atoms with Crippen molar-refractivity contribution in [2.45, 2.75) is 19.8 Å². The first-order valence-corrected chi connectivity index (χ1v) is 17.3. The number of fused-ring (bicyclic) bond motifs is 4. The second-order valence-corrected chi connectivity index (χ2v) is 13.1. The summed E-state index contributed by atoms with van der Waals surface area (Å²) >= 11 is 0. The van der Waals surface area contributed by atoms with Crippen molar-refractivity contribution in [3.05, 3.63) is 168 Å². The van der Waals surface area contributed by atoms with Gasteiger partial charge in [0.15, 0.2) is 0 Å². The van der Waals surface area contributed by atoms with Crippen LogP contribution in [0.5, 0.6) is 0 Å². The van der Waals surface area contributed by atoms with Crippen LogP contribution in [-0.4, -0.2) is 9.13 Å². The molecule has 0 spiro atoms. The Morgan fingerprint density at radius 1 is 0.750 bits per heavy atom. The third kappa shape index (κ3) is 5.41. The van der Waals surface area contributed by atoms with Gasteiger partial charge in [0.25, 0.3) is 0 Å². The van der Waals surface area contributed by atoms with Crippen LogP contribution in [0, 0.1) is 46.8 Å². The largest absolute Gasteiger partial charge is 0.313 e. The predicted octanol–water partition coefficient (Wildman–Crippen LogP) is 11.3. The average molecular weight is 668 g/mol. The van der Waals surface area contributed by atoms with Gasteiger partial charge in [0.1, 0.15) is 0 Å². The summed E-state index contributed by atoms with van der Waals surface area (Å²) in [7, 11) is 0. The number of hydrogen-bond donors (Lipinski definition) is 0. The molecule has 7 aromatic rings. The number of nitrogens with zero attached hydrogens (tertiary/aromatic N) is 5. The van der Waals surface area contributed by atoms with Crippen LogP contribution in [-0.2, 0) is 6.42 Å². The van der Waals surface area contributed by atoms with Crippen molar-refractivity contribution in [1.82, 2.24) is 9.13 Å². The molecule has 0 radical (unpaired) electrons. The lowest BCUT2D eigenvalue weighted by molar-refractivity contribution is 0.817. The molecule has 5 nitrogen and oxygen atoms in total. The van der Waals surface area contributed by atoms with E-state index < -0.39 is 0 Å². The summed E-state index contributed by atoms with van der Waals surface area (Å²) in [5, 5.41) is 32.3. The zero-order valence-electron chi connectivity index (χ0n) is 28.7. The van der Waals surface area contributed by atoms with Crippen molar-refractivity contribution in [3.63, 3.8) is 0 Å². The number of benzene rings is 5. The van der Waals surface area contributed by atoms with Gasteiger partial charge in [-0.2, -0.15) is 15.8 Å². The van der Waals surface area contributed by atoms with Crippen LogP contribution < -0.4 is 0 Å². The molecular formula is C47H33N5. The Kier molecular flexibility index (Phi) is 8.21. The van der Waals surface area contributed by atoms with Gasteiger partial charge in [0.2, 0.25) is 0 Å². The summed E-state index contributed by atoms with van der Waals surface area (Å²) in [5.41, 5.74) is 13.3. The molecular weight excluding hydrogens is 635 g/mol. The zero-order valence-corrected chi connectivity index (χ0v) is 28.7. The maximum atomic E-state index is 10.0. The van der Waals surface area contributed by atoms with Crippen molar-refractivity contribution >= 4 is 50.1 Å². The van der Waals surface area contributed by atoms with Crippen molar-refractivity contribution in [2.24, 2.45) is 5.92 Å². The van der Waals surface area contributed by atoms with Crippen molar-refractivity contribution in [3.8, 4) is 35.0 Å². The summed E-state index contributed by atoms with van der Waals surface area (Å²) < 4.78 is 4.56. The van der Waals surface area contributed by atoms with Crippen LogP contribution >= 0.6 is 0 Å². The van der Waals surface area contributed by atoms with Crippen molar-refractivity contribution in [1.29, 1.82) is 15.8 Å². The van der Waals surface area contributed by atoms with Gasteiger partial charge in [-0.05, 0) is 95.4 Å². The molecule has 0 saturated heterocycles. The molecule has 1 aliphatic carbocycles. The molecule has 52 heavy (non-hydrogen) atoms. The van der Waals surface area contributed by atoms with Gasteiger partial charge >= 0.3 is 0 Å². The van der Waals surface area contributed by atoms with E-state index in [1.54, 1.807) is 6.08 Å². The molecule has 5 aromatic carbocycles.